The lowest BCUT2D eigenvalue weighted by Crippen LogP contribution is -2.45. The lowest BCUT2D eigenvalue weighted by atomic mass is 9.94. The molecule has 148 valence electrons. The number of hydrogen-bond donors (Lipinski definition) is 1. The quantitative estimate of drug-likeness (QED) is 0.837. The van der Waals surface area contributed by atoms with E-state index in [1.54, 1.807) is 12.1 Å². The predicted molar refractivity (Wildman–Crippen MR) is 108 cm³/mol. The van der Waals surface area contributed by atoms with Crippen molar-refractivity contribution < 1.29 is 9.59 Å². The number of amides is 2. The zero-order valence-electron chi connectivity index (χ0n) is 16.5. The van der Waals surface area contributed by atoms with Crippen molar-refractivity contribution in [2.75, 3.05) is 39.3 Å². The summed E-state index contributed by atoms with van der Waals surface area (Å²) in [5.74, 6) is 1.51. The number of nitrogens with one attached hydrogen (secondary N) is 1. The van der Waals surface area contributed by atoms with Gasteiger partial charge in [0.2, 0.25) is 5.91 Å². The van der Waals surface area contributed by atoms with Crippen molar-refractivity contribution >= 4 is 11.8 Å². The van der Waals surface area contributed by atoms with Crippen LogP contribution in [-0.2, 0) is 4.79 Å². The molecule has 5 heteroatoms. The largest absolute Gasteiger partial charge is 0.352 e. The van der Waals surface area contributed by atoms with Crippen LogP contribution in [0.1, 0.15) is 49.4 Å². The molecule has 0 bridgehead atoms. The molecule has 27 heavy (non-hydrogen) atoms. The first-order chi connectivity index (χ1) is 13.1. The smallest absolute Gasteiger partial charge is 0.251 e. The fourth-order valence-corrected chi connectivity index (χ4v) is 4.18. The highest BCUT2D eigenvalue weighted by atomic mass is 16.2. The van der Waals surface area contributed by atoms with Crippen LogP contribution in [-0.4, -0.2) is 60.9 Å². The average Bonchev–Trinajstić information content (AvgIpc) is 2.70. The summed E-state index contributed by atoms with van der Waals surface area (Å²) in [5, 5.41) is 2.86. The van der Waals surface area contributed by atoms with Crippen LogP contribution in [0.2, 0.25) is 0 Å². The molecular formula is C22H33N3O2. The van der Waals surface area contributed by atoms with Gasteiger partial charge in [-0.05, 0) is 62.7 Å². The molecule has 1 aromatic carbocycles. The number of carbonyl (C=O) groups excluding carboxylic acids is 2. The summed E-state index contributed by atoms with van der Waals surface area (Å²) in [5.41, 5.74) is 0.638. The Kier molecular flexibility index (Phi) is 7.27. The van der Waals surface area contributed by atoms with Crippen molar-refractivity contribution in [2.24, 2.45) is 11.8 Å². The topological polar surface area (TPSA) is 52.6 Å². The van der Waals surface area contributed by atoms with E-state index in [0.717, 1.165) is 32.0 Å². The van der Waals surface area contributed by atoms with Crippen molar-refractivity contribution in [3.05, 3.63) is 35.9 Å². The van der Waals surface area contributed by atoms with Gasteiger partial charge in [-0.3, -0.25) is 9.59 Å². The van der Waals surface area contributed by atoms with Crippen LogP contribution < -0.4 is 5.32 Å². The van der Waals surface area contributed by atoms with Crippen LogP contribution in [0.15, 0.2) is 30.3 Å². The first kappa shape index (κ1) is 19.9. The number of rotatable bonds is 6. The van der Waals surface area contributed by atoms with Crippen molar-refractivity contribution in [2.45, 2.75) is 39.0 Å². The maximum absolute atomic E-state index is 12.6. The number of likely N-dealkylation sites (tertiary alicyclic amines) is 2. The Morgan fingerprint density at radius 2 is 1.81 bits per heavy atom. The molecule has 1 atom stereocenters. The van der Waals surface area contributed by atoms with E-state index in [-0.39, 0.29) is 11.8 Å². The maximum Gasteiger partial charge on any atom is 0.251 e. The molecule has 2 fully saturated rings. The van der Waals surface area contributed by atoms with Gasteiger partial charge in [-0.25, -0.2) is 0 Å². The fraction of sp³-hybridized carbons (Fsp3) is 0.636. The minimum atomic E-state index is -0.112. The minimum Gasteiger partial charge on any atom is -0.352 e. The van der Waals surface area contributed by atoms with Crippen LogP contribution in [0.3, 0.4) is 0 Å². The summed E-state index contributed by atoms with van der Waals surface area (Å²) in [6.45, 7) is 8.01. The minimum absolute atomic E-state index is 0.112. The molecule has 0 aliphatic carbocycles. The van der Waals surface area contributed by atoms with E-state index in [1.165, 1.54) is 32.4 Å². The van der Waals surface area contributed by atoms with Crippen LogP contribution in [0.25, 0.3) is 0 Å². The van der Waals surface area contributed by atoms with Gasteiger partial charge in [0.25, 0.3) is 5.91 Å². The van der Waals surface area contributed by atoms with Crippen molar-refractivity contribution in [3.63, 3.8) is 0 Å². The van der Waals surface area contributed by atoms with Crippen LogP contribution in [0, 0.1) is 11.8 Å². The lowest BCUT2D eigenvalue weighted by molar-refractivity contribution is -0.133. The van der Waals surface area contributed by atoms with E-state index in [1.807, 2.05) is 23.1 Å². The van der Waals surface area contributed by atoms with E-state index >= 15 is 0 Å². The average molecular weight is 372 g/mol. The van der Waals surface area contributed by atoms with E-state index < -0.39 is 0 Å². The van der Waals surface area contributed by atoms with Crippen molar-refractivity contribution in [1.82, 2.24) is 15.1 Å². The molecule has 1 unspecified atom stereocenters. The summed E-state index contributed by atoms with van der Waals surface area (Å²) in [6, 6.07) is 9.15. The van der Waals surface area contributed by atoms with Crippen LogP contribution in [0.4, 0.5) is 0 Å². The Hall–Kier alpha value is -1.88. The Balaban J connectivity index is 1.38. The molecule has 0 radical (unpaired) electrons. The number of hydrogen-bond acceptors (Lipinski definition) is 3. The molecule has 2 aliphatic rings. The Morgan fingerprint density at radius 3 is 2.56 bits per heavy atom. The molecule has 0 spiro atoms. The highest BCUT2D eigenvalue weighted by Crippen LogP contribution is 2.22. The molecule has 3 rings (SSSR count). The highest BCUT2D eigenvalue weighted by molar-refractivity contribution is 5.94. The van der Waals surface area contributed by atoms with Gasteiger partial charge in [0.1, 0.15) is 0 Å². The molecule has 0 aromatic heterocycles. The second-order valence-electron chi connectivity index (χ2n) is 8.20. The van der Waals surface area contributed by atoms with Gasteiger partial charge in [-0.2, -0.15) is 0 Å². The van der Waals surface area contributed by atoms with Gasteiger partial charge >= 0.3 is 0 Å². The lowest BCUT2D eigenvalue weighted by Gasteiger charge is -2.38. The third-order valence-electron chi connectivity index (χ3n) is 5.92. The van der Waals surface area contributed by atoms with E-state index in [9.17, 15) is 9.59 Å². The molecule has 1 aromatic rings. The first-order valence-corrected chi connectivity index (χ1v) is 10.4. The predicted octanol–water partition coefficient (Wildman–Crippen LogP) is 2.78. The monoisotopic (exact) mass is 371 g/mol. The van der Waals surface area contributed by atoms with Crippen molar-refractivity contribution in [3.8, 4) is 0 Å². The molecule has 5 nitrogen and oxygen atoms in total. The van der Waals surface area contributed by atoms with Gasteiger partial charge in [-0.1, -0.05) is 25.1 Å². The third-order valence-corrected chi connectivity index (χ3v) is 5.92. The van der Waals surface area contributed by atoms with Gasteiger partial charge in [0, 0.05) is 38.2 Å². The second kappa shape index (κ2) is 9.88. The second-order valence-corrected chi connectivity index (χ2v) is 8.20. The van der Waals surface area contributed by atoms with Crippen LogP contribution in [0.5, 0.6) is 0 Å². The van der Waals surface area contributed by atoms with Gasteiger partial charge in [-0.15, -0.1) is 0 Å². The summed E-state index contributed by atoms with van der Waals surface area (Å²) >= 11 is 0. The molecule has 2 aliphatic heterocycles. The standard InChI is InChI=1S/C22H33N3O2/c1-18-10-14-24(15-11-18)16-19-6-5-13-25(17-19)21(26)9-12-23-22(27)20-7-3-2-4-8-20/h2-4,7-8,18-19H,5-6,9-17H2,1H3,(H,23,27). The van der Waals surface area contributed by atoms with E-state index in [0.29, 0.717) is 24.4 Å². The summed E-state index contributed by atoms with van der Waals surface area (Å²) in [7, 11) is 0. The van der Waals surface area contributed by atoms with Gasteiger partial charge in [0.05, 0.1) is 0 Å². The molecule has 0 saturated carbocycles. The first-order valence-electron chi connectivity index (χ1n) is 10.4. The molecule has 2 amide bonds. The summed E-state index contributed by atoms with van der Waals surface area (Å²) in [4.78, 5) is 29.2. The van der Waals surface area contributed by atoms with Gasteiger partial charge < -0.3 is 15.1 Å². The number of benzene rings is 1. The maximum atomic E-state index is 12.6. The molecular weight excluding hydrogens is 338 g/mol. The fourth-order valence-electron chi connectivity index (χ4n) is 4.18. The third kappa shape index (κ3) is 6.06. The summed E-state index contributed by atoms with van der Waals surface area (Å²) in [6.07, 6.45) is 5.30. The Labute approximate surface area is 163 Å². The summed E-state index contributed by atoms with van der Waals surface area (Å²) < 4.78 is 0. The molecule has 1 N–H and O–H groups in total. The number of carbonyl (C=O) groups is 2. The number of piperidine rings is 2. The zero-order valence-corrected chi connectivity index (χ0v) is 16.5. The van der Waals surface area contributed by atoms with Crippen LogP contribution >= 0.6 is 0 Å². The molecule has 2 heterocycles. The van der Waals surface area contributed by atoms with E-state index in [4.69, 9.17) is 0 Å². The number of nitrogens with zero attached hydrogens (tertiary/aromatic N) is 2. The molecule has 2 saturated heterocycles. The van der Waals surface area contributed by atoms with E-state index in [2.05, 4.69) is 17.1 Å². The Bertz CT molecular complexity index is 611. The Morgan fingerprint density at radius 1 is 1.07 bits per heavy atom. The highest BCUT2D eigenvalue weighted by Gasteiger charge is 2.26. The van der Waals surface area contributed by atoms with Gasteiger partial charge in [0.15, 0.2) is 0 Å². The van der Waals surface area contributed by atoms with Crippen molar-refractivity contribution in [1.29, 1.82) is 0 Å². The normalized spacial score (nSPS) is 21.8. The SMILES string of the molecule is CC1CCN(CC2CCCN(C(=O)CCNC(=O)c3ccccc3)C2)CC1. The zero-order chi connectivity index (χ0) is 19.1.